The summed E-state index contributed by atoms with van der Waals surface area (Å²) in [6.07, 6.45) is 5.94. The molecular formula is C24H31N3O4S. The summed E-state index contributed by atoms with van der Waals surface area (Å²) in [5.74, 6) is 0.486. The maximum absolute atomic E-state index is 12.2. The van der Waals surface area contributed by atoms with Crippen molar-refractivity contribution in [2.45, 2.75) is 63.3 Å². The molecule has 2 fully saturated rings. The maximum Gasteiger partial charge on any atom is 0.254 e. The molecule has 1 saturated heterocycles. The Hall–Kier alpha value is -2.00. The number of hydrogen-bond acceptors (Lipinski definition) is 7. The number of nitrogens with zero attached hydrogens (tertiary/aromatic N) is 3. The molecule has 0 spiro atoms. The minimum absolute atomic E-state index is 0.317. The first-order valence-electron chi connectivity index (χ1n) is 11.7. The molecule has 8 heteroatoms. The number of carbonyl (C=O) groups is 1. The van der Waals surface area contributed by atoms with Gasteiger partial charge in [0.05, 0.1) is 18.8 Å². The first-order valence-corrected chi connectivity index (χ1v) is 12.5. The average molecular weight is 458 g/mol. The predicted octanol–water partition coefficient (Wildman–Crippen LogP) is 2.44. The Morgan fingerprint density at radius 1 is 1.16 bits per heavy atom. The molecule has 3 heterocycles. The third-order valence-corrected chi connectivity index (χ3v) is 8.01. The number of aromatic nitrogens is 1. The zero-order valence-corrected chi connectivity index (χ0v) is 19.1. The number of fused-ring (bicyclic) bond motifs is 1. The summed E-state index contributed by atoms with van der Waals surface area (Å²) in [5, 5.41) is 19.6. The molecule has 2 aromatic rings. The van der Waals surface area contributed by atoms with Gasteiger partial charge in [-0.2, -0.15) is 0 Å². The molecule has 32 heavy (non-hydrogen) atoms. The van der Waals surface area contributed by atoms with Gasteiger partial charge in [0.25, 0.3) is 5.91 Å². The molecule has 1 aliphatic carbocycles. The van der Waals surface area contributed by atoms with Crippen molar-refractivity contribution in [2.75, 3.05) is 26.2 Å². The number of aliphatic hydroxyl groups is 2. The number of rotatable bonds is 6. The lowest BCUT2D eigenvalue weighted by Gasteiger charge is -2.44. The number of likely N-dealkylation sites (tertiary alicyclic amines) is 1. The maximum atomic E-state index is 12.2. The van der Waals surface area contributed by atoms with E-state index in [0.717, 1.165) is 39.7 Å². The topological polar surface area (TPSA) is 86.1 Å². The second-order valence-corrected chi connectivity index (χ2v) is 10.2. The number of ether oxygens (including phenoxy) is 1. The van der Waals surface area contributed by atoms with Crippen LogP contribution in [-0.4, -0.2) is 75.4 Å². The van der Waals surface area contributed by atoms with Crippen molar-refractivity contribution in [1.29, 1.82) is 0 Å². The zero-order valence-electron chi connectivity index (χ0n) is 18.3. The summed E-state index contributed by atoms with van der Waals surface area (Å²) in [6, 6.07) is 8.86. The Balaban J connectivity index is 1.17. The standard InChI is InChI=1S/C24H31N3O4S/c28-15-21(29)24(30)27-11-8-20-22(14-27)32-23(25-20)16-4-6-18(7-5-16)31-19-12-17(13-19)26-9-2-1-3-10-26/h4-7,17,19,21,28-29H,1-3,8-15H2/t17?,19?,21-/m0/s1. The average Bonchev–Trinajstić information content (AvgIpc) is 3.24. The lowest BCUT2D eigenvalue weighted by Crippen LogP contribution is -2.50. The number of thiazole rings is 1. The Labute approximate surface area is 192 Å². The van der Waals surface area contributed by atoms with Crippen LogP contribution in [0, 0.1) is 0 Å². The first kappa shape index (κ1) is 21.8. The van der Waals surface area contributed by atoms with Crippen LogP contribution in [0.15, 0.2) is 24.3 Å². The van der Waals surface area contributed by atoms with Gasteiger partial charge >= 0.3 is 0 Å². The Bertz CT molecular complexity index is 935. The van der Waals surface area contributed by atoms with Gasteiger partial charge in [0.15, 0.2) is 6.10 Å². The van der Waals surface area contributed by atoms with Crippen LogP contribution in [0.3, 0.4) is 0 Å². The molecule has 2 N–H and O–H groups in total. The van der Waals surface area contributed by atoms with Crippen LogP contribution in [0.4, 0.5) is 0 Å². The molecule has 1 atom stereocenters. The van der Waals surface area contributed by atoms with Crippen molar-refractivity contribution in [3.8, 4) is 16.3 Å². The minimum atomic E-state index is -1.35. The van der Waals surface area contributed by atoms with Crippen LogP contribution in [0.5, 0.6) is 5.75 Å². The lowest BCUT2D eigenvalue weighted by molar-refractivity contribution is -0.143. The van der Waals surface area contributed by atoms with Gasteiger partial charge in [-0.3, -0.25) is 4.79 Å². The molecule has 0 unspecified atom stereocenters. The van der Waals surface area contributed by atoms with E-state index in [1.807, 2.05) is 12.1 Å². The van der Waals surface area contributed by atoms with Gasteiger partial charge in [-0.15, -0.1) is 11.3 Å². The van der Waals surface area contributed by atoms with Gasteiger partial charge in [0.2, 0.25) is 0 Å². The smallest absolute Gasteiger partial charge is 0.254 e. The number of hydrogen-bond donors (Lipinski definition) is 2. The van der Waals surface area contributed by atoms with Crippen molar-refractivity contribution < 1.29 is 19.7 Å². The monoisotopic (exact) mass is 457 g/mol. The fraction of sp³-hybridized carbons (Fsp3) is 0.583. The first-order chi connectivity index (χ1) is 15.6. The summed E-state index contributed by atoms with van der Waals surface area (Å²) in [7, 11) is 0. The number of carbonyl (C=O) groups excluding carboxylic acids is 1. The minimum Gasteiger partial charge on any atom is -0.490 e. The summed E-state index contributed by atoms with van der Waals surface area (Å²) in [4.78, 5) is 22.2. The van der Waals surface area contributed by atoms with E-state index in [2.05, 4.69) is 17.0 Å². The number of aliphatic hydroxyl groups excluding tert-OH is 2. The molecule has 7 nitrogen and oxygen atoms in total. The van der Waals surface area contributed by atoms with E-state index in [9.17, 15) is 9.90 Å². The van der Waals surface area contributed by atoms with Crippen molar-refractivity contribution in [2.24, 2.45) is 0 Å². The third kappa shape index (κ3) is 4.55. The molecule has 3 aliphatic rings. The highest BCUT2D eigenvalue weighted by atomic mass is 32.1. The highest BCUT2D eigenvalue weighted by Gasteiger charge is 2.35. The number of piperidine rings is 1. The molecule has 172 valence electrons. The molecule has 0 bridgehead atoms. The summed E-state index contributed by atoms with van der Waals surface area (Å²) < 4.78 is 6.19. The molecule has 1 amide bonds. The van der Waals surface area contributed by atoms with E-state index in [0.29, 0.717) is 31.7 Å². The SMILES string of the molecule is O=C([C@@H](O)CO)N1CCc2nc(-c3ccc(OC4CC(N5CCCCC5)C4)cc3)sc2C1. The number of benzene rings is 1. The van der Waals surface area contributed by atoms with Gasteiger partial charge in [0.1, 0.15) is 16.9 Å². The predicted molar refractivity (Wildman–Crippen MR) is 123 cm³/mol. The van der Waals surface area contributed by atoms with Crippen molar-refractivity contribution in [3.63, 3.8) is 0 Å². The third-order valence-electron chi connectivity index (χ3n) is 6.88. The fourth-order valence-electron chi connectivity index (χ4n) is 4.88. The van der Waals surface area contributed by atoms with E-state index < -0.39 is 18.6 Å². The highest BCUT2D eigenvalue weighted by Crippen LogP contribution is 2.34. The van der Waals surface area contributed by atoms with Gasteiger partial charge in [-0.1, -0.05) is 6.42 Å². The van der Waals surface area contributed by atoms with E-state index >= 15 is 0 Å². The molecule has 1 aromatic carbocycles. The summed E-state index contributed by atoms with van der Waals surface area (Å²) in [6.45, 7) is 2.89. The molecule has 0 radical (unpaired) electrons. The van der Waals surface area contributed by atoms with Crippen LogP contribution in [0.25, 0.3) is 10.6 Å². The molecular weight excluding hydrogens is 426 g/mol. The second kappa shape index (κ2) is 9.47. The van der Waals surface area contributed by atoms with Crippen molar-refractivity contribution >= 4 is 17.2 Å². The van der Waals surface area contributed by atoms with Crippen LogP contribution in [0.2, 0.25) is 0 Å². The zero-order chi connectivity index (χ0) is 22.1. The Morgan fingerprint density at radius 3 is 2.62 bits per heavy atom. The van der Waals surface area contributed by atoms with E-state index in [-0.39, 0.29) is 0 Å². The van der Waals surface area contributed by atoms with Crippen LogP contribution in [0.1, 0.15) is 42.7 Å². The molecule has 2 aliphatic heterocycles. The lowest BCUT2D eigenvalue weighted by atomic mass is 9.86. The fourth-order valence-corrected chi connectivity index (χ4v) is 6.01. The highest BCUT2D eigenvalue weighted by molar-refractivity contribution is 7.15. The summed E-state index contributed by atoms with van der Waals surface area (Å²) in [5.41, 5.74) is 2.07. The summed E-state index contributed by atoms with van der Waals surface area (Å²) >= 11 is 1.58. The molecule has 1 saturated carbocycles. The quantitative estimate of drug-likeness (QED) is 0.693. The van der Waals surface area contributed by atoms with Gasteiger partial charge in [-0.25, -0.2) is 4.98 Å². The number of amides is 1. The van der Waals surface area contributed by atoms with Crippen LogP contribution in [-0.2, 0) is 17.8 Å². The normalized spacial score (nSPS) is 24.5. The second-order valence-electron chi connectivity index (χ2n) is 9.08. The van der Waals surface area contributed by atoms with Crippen molar-refractivity contribution in [3.05, 3.63) is 34.8 Å². The van der Waals surface area contributed by atoms with Crippen molar-refractivity contribution in [1.82, 2.24) is 14.8 Å². The van der Waals surface area contributed by atoms with Gasteiger partial charge in [0, 0.05) is 42.3 Å². The van der Waals surface area contributed by atoms with Gasteiger partial charge < -0.3 is 24.7 Å². The largest absolute Gasteiger partial charge is 0.490 e. The Kier molecular flexibility index (Phi) is 6.46. The van der Waals surface area contributed by atoms with Crippen LogP contribution >= 0.6 is 11.3 Å². The van der Waals surface area contributed by atoms with Gasteiger partial charge in [-0.05, 0) is 50.2 Å². The van der Waals surface area contributed by atoms with E-state index in [1.165, 1.54) is 32.4 Å². The molecule has 1 aromatic heterocycles. The molecule has 5 rings (SSSR count). The van der Waals surface area contributed by atoms with E-state index in [1.54, 1.807) is 16.2 Å². The van der Waals surface area contributed by atoms with Crippen LogP contribution < -0.4 is 4.74 Å². The van der Waals surface area contributed by atoms with E-state index in [4.69, 9.17) is 14.8 Å². The Morgan fingerprint density at radius 2 is 1.91 bits per heavy atom.